The van der Waals surface area contributed by atoms with E-state index >= 15 is 0 Å². The Kier molecular flexibility index (Phi) is 4.92. The van der Waals surface area contributed by atoms with Crippen molar-refractivity contribution in [1.82, 2.24) is 25.3 Å². The molecule has 2 heterocycles. The fourth-order valence-corrected chi connectivity index (χ4v) is 3.51. The predicted octanol–water partition coefficient (Wildman–Crippen LogP) is 2.67. The quantitative estimate of drug-likeness (QED) is 0.848. The smallest absolute Gasteiger partial charge is 0.273 e. The van der Waals surface area contributed by atoms with Gasteiger partial charge in [-0.15, -0.1) is 5.10 Å². The summed E-state index contributed by atoms with van der Waals surface area (Å²) in [4.78, 5) is 16.4. The highest BCUT2D eigenvalue weighted by molar-refractivity contribution is 5.91. The summed E-state index contributed by atoms with van der Waals surface area (Å²) in [7, 11) is 0. The Morgan fingerprint density at radius 2 is 2.25 bits per heavy atom. The molecule has 1 aliphatic rings. The molecule has 0 bridgehead atoms. The van der Waals surface area contributed by atoms with Crippen molar-refractivity contribution in [1.29, 1.82) is 0 Å². The first-order chi connectivity index (χ1) is 11.6. The van der Waals surface area contributed by atoms with Crippen molar-refractivity contribution in [2.75, 3.05) is 6.54 Å². The third-order valence-corrected chi connectivity index (χ3v) is 4.72. The second kappa shape index (κ2) is 7.11. The second-order valence-corrected chi connectivity index (χ2v) is 7.30. The highest BCUT2D eigenvalue weighted by atomic mass is 16.2. The van der Waals surface area contributed by atoms with E-state index in [-0.39, 0.29) is 11.3 Å². The van der Waals surface area contributed by atoms with Gasteiger partial charge in [0.15, 0.2) is 5.69 Å². The number of hydrogen-bond acceptors (Lipinski definition) is 4. The van der Waals surface area contributed by atoms with Gasteiger partial charge in [0.25, 0.3) is 5.91 Å². The Hall–Kier alpha value is -2.24. The van der Waals surface area contributed by atoms with Gasteiger partial charge in [-0.25, -0.2) is 4.68 Å². The van der Waals surface area contributed by atoms with Crippen molar-refractivity contribution >= 4 is 5.91 Å². The van der Waals surface area contributed by atoms with E-state index in [0.717, 1.165) is 12.1 Å². The molecular weight excluding hydrogens is 302 g/mol. The number of hydrogen-bond donors (Lipinski definition) is 1. The van der Waals surface area contributed by atoms with Crippen LogP contribution in [0, 0.1) is 11.3 Å². The molecule has 0 aliphatic heterocycles. The third kappa shape index (κ3) is 3.99. The van der Waals surface area contributed by atoms with E-state index in [9.17, 15) is 4.79 Å². The molecule has 1 saturated carbocycles. The Morgan fingerprint density at radius 3 is 2.88 bits per heavy atom. The maximum absolute atomic E-state index is 12.3. The number of aromatic nitrogens is 4. The SMILES string of the molecule is CC(C)CC1(CNC(=O)c2cn(Cc3cccnc3)nn2)CCC1. The van der Waals surface area contributed by atoms with Crippen molar-refractivity contribution < 1.29 is 4.79 Å². The first kappa shape index (κ1) is 16.6. The van der Waals surface area contributed by atoms with Crippen molar-refractivity contribution in [2.24, 2.45) is 11.3 Å². The summed E-state index contributed by atoms with van der Waals surface area (Å²) in [6, 6.07) is 3.85. The lowest BCUT2D eigenvalue weighted by Crippen LogP contribution is -2.43. The van der Waals surface area contributed by atoms with Gasteiger partial charge in [-0.3, -0.25) is 9.78 Å². The molecule has 0 radical (unpaired) electrons. The van der Waals surface area contributed by atoms with E-state index in [1.807, 2.05) is 12.1 Å². The van der Waals surface area contributed by atoms with E-state index in [2.05, 4.69) is 34.5 Å². The number of nitrogens with zero attached hydrogens (tertiary/aromatic N) is 4. The van der Waals surface area contributed by atoms with Gasteiger partial charge in [0, 0.05) is 18.9 Å². The molecule has 1 amide bonds. The van der Waals surface area contributed by atoms with Crippen molar-refractivity contribution in [3.05, 3.63) is 42.0 Å². The minimum atomic E-state index is -0.137. The highest BCUT2D eigenvalue weighted by Crippen LogP contribution is 2.45. The van der Waals surface area contributed by atoms with Crippen LogP contribution in [0.4, 0.5) is 0 Å². The van der Waals surface area contributed by atoms with Crippen LogP contribution in [0.3, 0.4) is 0 Å². The summed E-state index contributed by atoms with van der Waals surface area (Å²) < 4.78 is 1.67. The molecule has 0 aromatic carbocycles. The zero-order chi connectivity index (χ0) is 17.0. The van der Waals surface area contributed by atoms with E-state index in [0.29, 0.717) is 18.2 Å². The van der Waals surface area contributed by atoms with Crippen LogP contribution in [0.15, 0.2) is 30.7 Å². The fraction of sp³-hybridized carbons (Fsp3) is 0.556. The van der Waals surface area contributed by atoms with Gasteiger partial charge in [0.05, 0.1) is 12.7 Å². The van der Waals surface area contributed by atoms with Crippen molar-refractivity contribution in [3.8, 4) is 0 Å². The predicted molar refractivity (Wildman–Crippen MR) is 91.4 cm³/mol. The number of amides is 1. The third-order valence-electron chi connectivity index (χ3n) is 4.72. The van der Waals surface area contributed by atoms with Crippen LogP contribution in [0.1, 0.15) is 55.6 Å². The number of carbonyl (C=O) groups is 1. The number of rotatable bonds is 7. The summed E-state index contributed by atoms with van der Waals surface area (Å²) in [5.41, 5.74) is 1.69. The van der Waals surface area contributed by atoms with Gasteiger partial charge in [-0.1, -0.05) is 31.5 Å². The van der Waals surface area contributed by atoms with Crippen LogP contribution in [0.2, 0.25) is 0 Å². The minimum absolute atomic E-state index is 0.137. The monoisotopic (exact) mass is 327 g/mol. The summed E-state index contributed by atoms with van der Waals surface area (Å²) in [6.07, 6.45) is 10.1. The van der Waals surface area contributed by atoms with Crippen LogP contribution >= 0.6 is 0 Å². The van der Waals surface area contributed by atoms with E-state index in [1.165, 1.54) is 25.7 Å². The molecule has 0 atom stereocenters. The molecular formula is C18H25N5O. The molecule has 6 heteroatoms. The molecule has 0 saturated heterocycles. The molecule has 6 nitrogen and oxygen atoms in total. The minimum Gasteiger partial charge on any atom is -0.350 e. The molecule has 128 valence electrons. The Balaban J connectivity index is 1.56. The Labute approximate surface area is 142 Å². The molecule has 1 N–H and O–H groups in total. The summed E-state index contributed by atoms with van der Waals surface area (Å²) in [5.74, 6) is 0.519. The van der Waals surface area contributed by atoms with Gasteiger partial charge >= 0.3 is 0 Å². The Bertz CT molecular complexity index is 676. The van der Waals surface area contributed by atoms with Gasteiger partial charge in [-0.2, -0.15) is 0 Å². The summed E-state index contributed by atoms with van der Waals surface area (Å²) >= 11 is 0. The first-order valence-electron chi connectivity index (χ1n) is 8.64. The van der Waals surface area contributed by atoms with Crippen LogP contribution in [0.5, 0.6) is 0 Å². The fourth-order valence-electron chi connectivity index (χ4n) is 3.51. The maximum Gasteiger partial charge on any atom is 0.273 e. The molecule has 2 aromatic heterocycles. The van der Waals surface area contributed by atoms with Crippen LogP contribution in [-0.4, -0.2) is 32.4 Å². The lowest BCUT2D eigenvalue weighted by Gasteiger charge is -2.43. The maximum atomic E-state index is 12.3. The molecule has 1 fully saturated rings. The van der Waals surface area contributed by atoms with Crippen molar-refractivity contribution in [3.63, 3.8) is 0 Å². The van der Waals surface area contributed by atoms with Crippen LogP contribution < -0.4 is 5.32 Å². The van der Waals surface area contributed by atoms with Crippen LogP contribution in [-0.2, 0) is 6.54 Å². The van der Waals surface area contributed by atoms with Gasteiger partial charge in [-0.05, 0) is 42.2 Å². The standard InChI is InChI=1S/C18H25N5O/c1-14(2)9-18(6-4-7-18)13-20-17(24)16-12-23(22-21-16)11-15-5-3-8-19-10-15/h3,5,8,10,12,14H,4,6-7,9,11,13H2,1-2H3,(H,20,24). The molecule has 0 spiro atoms. The lowest BCUT2D eigenvalue weighted by atomic mass is 9.64. The van der Waals surface area contributed by atoms with E-state index < -0.39 is 0 Å². The second-order valence-electron chi connectivity index (χ2n) is 7.30. The van der Waals surface area contributed by atoms with E-state index in [1.54, 1.807) is 23.3 Å². The number of pyridine rings is 1. The molecule has 2 aromatic rings. The Morgan fingerprint density at radius 1 is 1.42 bits per heavy atom. The van der Waals surface area contributed by atoms with Gasteiger partial charge < -0.3 is 5.32 Å². The zero-order valence-electron chi connectivity index (χ0n) is 14.4. The first-order valence-corrected chi connectivity index (χ1v) is 8.64. The molecule has 24 heavy (non-hydrogen) atoms. The van der Waals surface area contributed by atoms with E-state index in [4.69, 9.17) is 0 Å². The van der Waals surface area contributed by atoms with Crippen molar-refractivity contribution in [2.45, 2.75) is 46.1 Å². The largest absolute Gasteiger partial charge is 0.350 e. The van der Waals surface area contributed by atoms with Gasteiger partial charge in [0.1, 0.15) is 0 Å². The molecule has 3 rings (SSSR count). The summed E-state index contributed by atoms with van der Waals surface area (Å²) in [5, 5.41) is 11.1. The van der Waals surface area contributed by atoms with Crippen LogP contribution in [0.25, 0.3) is 0 Å². The lowest BCUT2D eigenvalue weighted by molar-refractivity contribution is 0.0777. The topological polar surface area (TPSA) is 72.7 Å². The molecule has 1 aliphatic carbocycles. The number of carbonyl (C=O) groups excluding carboxylic acids is 1. The average molecular weight is 327 g/mol. The normalized spacial score (nSPS) is 16.0. The average Bonchev–Trinajstić information content (AvgIpc) is 2.99. The zero-order valence-corrected chi connectivity index (χ0v) is 14.4. The van der Waals surface area contributed by atoms with Gasteiger partial charge in [0.2, 0.25) is 0 Å². The molecule has 0 unspecified atom stereocenters. The summed E-state index contributed by atoms with van der Waals surface area (Å²) in [6.45, 7) is 5.78. The number of nitrogens with one attached hydrogen (secondary N) is 1. The highest BCUT2D eigenvalue weighted by Gasteiger charge is 2.37.